The van der Waals surface area contributed by atoms with Crippen LogP contribution in [0.3, 0.4) is 0 Å². The van der Waals surface area contributed by atoms with Gasteiger partial charge in [-0.3, -0.25) is 4.98 Å². The Hall–Kier alpha value is -0.680. The van der Waals surface area contributed by atoms with Crippen LogP contribution in [0.5, 0.6) is 0 Å². The van der Waals surface area contributed by atoms with Crippen molar-refractivity contribution in [1.82, 2.24) is 4.98 Å². The van der Waals surface area contributed by atoms with Gasteiger partial charge in [-0.1, -0.05) is 12.1 Å². The number of benzene rings is 1. The van der Waals surface area contributed by atoms with Crippen molar-refractivity contribution in [2.24, 2.45) is 0 Å². The van der Waals surface area contributed by atoms with Gasteiger partial charge in [0.2, 0.25) is 0 Å². The molecule has 1 heterocycles. The van der Waals surface area contributed by atoms with Crippen LogP contribution in [0.25, 0.3) is 10.8 Å². The number of nitrogens with zero attached hydrogens (tertiary/aromatic N) is 1. The molecule has 0 saturated heterocycles. The molecule has 0 fully saturated rings. The topological polar surface area (TPSA) is 12.9 Å². The summed E-state index contributed by atoms with van der Waals surface area (Å²) in [5.41, 5.74) is 0. The number of hydrogen-bond acceptors (Lipinski definition) is 1. The molecule has 0 saturated carbocycles. The summed E-state index contributed by atoms with van der Waals surface area (Å²) >= 11 is 2.59. The molecule has 0 amide bonds. The van der Waals surface area contributed by atoms with Crippen molar-refractivity contribution in [1.29, 1.82) is 0 Å². The third kappa shape index (κ3) is 2.13. The van der Waals surface area contributed by atoms with E-state index in [-0.39, 0.29) is 4.90 Å². The molecular weight excluding hydrogens is 284 g/mol. The van der Waals surface area contributed by atoms with Crippen molar-refractivity contribution in [2.45, 2.75) is 4.90 Å². The van der Waals surface area contributed by atoms with Gasteiger partial charge in [-0.2, -0.15) is 7.77 Å². The van der Waals surface area contributed by atoms with E-state index in [2.05, 4.69) is 19.8 Å². The van der Waals surface area contributed by atoms with E-state index in [9.17, 15) is 7.77 Å². The van der Waals surface area contributed by atoms with Gasteiger partial charge in [-0.05, 0) is 12.1 Å². The van der Waals surface area contributed by atoms with E-state index < -0.39 is 8.37 Å². The molecule has 82 valence electrons. The van der Waals surface area contributed by atoms with E-state index in [0.717, 1.165) is 11.6 Å². The molecule has 0 N–H and O–H groups in total. The average Bonchev–Trinajstić information content (AvgIpc) is 2.14. The lowest BCUT2D eigenvalue weighted by molar-refractivity contribution is 0.747. The predicted octanol–water partition coefficient (Wildman–Crippen LogP) is 4.38. The van der Waals surface area contributed by atoms with E-state index in [1.807, 2.05) is 0 Å². The fourth-order valence-electron chi connectivity index (χ4n) is 1.52. The number of rotatable bonds is 1. The largest absolute Gasteiger partial charge is 0.264 e. The molecule has 2 aromatic rings. The second-order valence-electron chi connectivity index (χ2n) is 3.55. The second-order valence-corrected chi connectivity index (χ2v) is 11.2. The lowest BCUT2D eigenvalue weighted by Crippen LogP contribution is -1.95. The number of hydrogen-bond donors (Lipinski definition) is 1. The Morgan fingerprint density at radius 1 is 1.27 bits per heavy atom. The van der Waals surface area contributed by atoms with Crippen LogP contribution in [0.15, 0.2) is 41.6 Å². The van der Waals surface area contributed by atoms with Crippen molar-refractivity contribution in [2.75, 3.05) is 6.26 Å². The SMILES string of the molecule is C[SH](F)(F)(Br)c1cccc2cnccc12. The summed E-state index contributed by atoms with van der Waals surface area (Å²) in [7, 11) is -4.88. The van der Waals surface area contributed by atoms with Gasteiger partial charge in [-0.15, -0.1) is 0 Å². The molecule has 0 bridgehead atoms. The minimum Gasteiger partial charge on any atom is -0.264 e. The highest BCUT2D eigenvalue weighted by molar-refractivity contribution is 9.60. The Morgan fingerprint density at radius 2 is 2.00 bits per heavy atom. The normalized spacial score (nSPS) is 14.8. The van der Waals surface area contributed by atoms with Gasteiger partial charge in [-0.25, -0.2) is 0 Å². The summed E-state index contributed by atoms with van der Waals surface area (Å²) in [6.45, 7) is 0. The number of halogens is 3. The number of thiol groups is 1. The summed E-state index contributed by atoms with van der Waals surface area (Å²) in [5, 5.41) is 1.30. The summed E-state index contributed by atoms with van der Waals surface area (Å²) in [4.78, 5) is 4.00. The van der Waals surface area contributed by atoms with Crippen LogP contribution in [0.2, 0.25) is 0 Å². The van der Waals surface area contributed by atoms with E-state index in [0.29, 0.717) is 5.39 Å². The molecular formula is C10H10BrF2NS. The molecule has 5 heteroatoms. The molecule has 0 spiro atoms. The maximum atomic E-state index is 13.9. The minimum absolute atomic E-state index is 0.0842. The molecule has 0 atom stereocenters. The fourth-order valence-corrected chi connectivity index (χ4v) is 3.57. The molecule has 0 aliphatic carbocycles. The van der Waals surface area contributed by atoms with Gasteiger partial charge < -0.3 is 0 Å². The summed E-state index contributed by atoms with van der Waals surface area (Å²) in [5.74, 6) is 0. The van der Waals surface area contributed by atoms with Crippen molar-refractivity contribution in [3.8, 4) is 0 Å². The molecule has 1 aromatic heterocycles. The van der Waals surface area contributed by atoms with Gasteiger partial charge in [0.05, 0.1) is 0 Å². The molecule has 1 nitrogen and oxygen atoms in total. The van der Waals surface area contributed by atoms with Crippen molar-refractivity contribution < 1.29 is 7.77 Å². The summed E-state index contributed by atoms with van der Waals surface area (Å²) in [6.07, 6.45) is 4.09. The Balaban J connectivity index is 2.84. The van der Waals surface area contributed by atoms with Crippen LogP contribution < -0.4 is 0 Å². The van der Waals surface area contributed by atoms with Crippen LogP contribution in [-0.2, 0) is 0 Å². The highest BCUT2D eigenvalue weighted by Gasteiger charge is 2.33. The van der Waals surface area contributed by atoms with Crippen LogP contribution in [0.1, 0.15) is 0 Å². The quantitative estimate of drug-likeness (QED) is 0.770. The fraction of sp³-hybridized carbons (Fsp3) is 0.100. The smallest absolute Gasteiger partial charge is 0.0393 e. The van der Waals surface area contributed by atoms with Crippen LogP contribution in [-0.4, -0.2) is 11.2 Å². The highest BCUT2D eigenvalue weighted by atomic mass is 79.9. The number of pyridine rings is 1. The van der Waals surface area contributed by atoms with Crippen LogP contribution in [0, 0.1) is 0 Å². The summed E-state index contributed by atoms with van der Waals surface area (Å²) in [6, 6.07) is 6.50. The zero-order chi connectivity index (χ0) is 11.1. The Kier molecular flexibility index (Phi) is 2.28. The first-order valence-electron chi connectivity index (χ1n) is 4.35. The molecule has 0 radical (unpaired) electrons. The maximum absolute atomic E-state index is 13.9. The van der Waals surface area contributed by atoms with E-state index >= 15 is 0 Å². The van der Waals surface area contributed by atoms with Gasteiger partial charge >= 0.3 is 0 Å². The first kappa shape index (κ1) is 10.8. The monoisotopic (exact) mass is 293 g/mol. The molecule has 0 aliphatic heterocycles. The van der Waals surface area contributed by atoms with E-state index in [1.54, 1.807) is 24.4 Å². The third-order valence-electron chi connectivity index (χ3n) is 2.17. The number of aromatic nitrogens is 1. The summed E-state index contributed by atoms with van der Waals surface area (Å²) < 4.78 is 27.8. The van der Waals surface area contributed by atoms with Crippen molar-refractivity contribution in [3.63, 3.8) is 0 Å². The Bertz CT molecular complexity index is 507. The highest BCUT2D eigenvalue weighted by Crippen LogP contribution is 2.82. The first-order chi connectivity index (χ1) is 6.85. The van der Waals surface area contributed by atoms with Crippen LogP contribution >= 0.6 is 23.2 Å². The van der Waals surface area contributed by atoms with Gasteiger partial charge in [0, 0.05) is 57.5 Å². The predicted molar refractivity (Wildman–Crippen MR) is 66.1 cm³/mol. The van der Waals surface area contributed by atoms with E-state index in [1.165, 1.54) is 12.3 Å². The first-order valence-corrected chi connectivity index (χ1v) is 8.83. The average molecular weight is 294 g/mol. The molecule has 1 aromatic carbocycles. The van der Waals surface area contributed by atoms with Gasteiger partial charge in [0.1, 0.15) is 0 Å². The molecule has 15 heavy (non-hydrogen) atoms. The van der Waals surface area contributed by atoms with Gasteiger partial charge in [0.15, 0.2) is 0 Å². The third-order valence-corrected chi connectivity index (χ3v) is 4.74. The minimum atomic E-state index is -4.88. The van der Waals surface area contributed by atoms with E-state index in [4.69, 9.17) is 0 Å². The maximum Gasteiger partial charge on any atom is 0.0393 e. The van der Waals surface area contributed by atoms with Crippen LogP contribution in [0.4, 0.5) is 7.77 Å². The van der Waals surface area contributed by atoms with Gasteiger partial charge in [0.25, 0.3) is 0 Å². The zero-order valence-corrected chi connectivity index (χ0v) is 10.5. The molecule has 0 aliphatic rings. The Labute approximate surface area is 94.6 Å². The molecule has 2 rings (SSSR count). The Morgan fingerprint density at radius 3 is 2.67 bits per heavy atom. The lowest BCUT2D eigenvalue weighted by atomic mass is 10.2. The molecule has 0 unspecified atom stereocenters. The van der Waals surface area contributed by atoms with Crippen molar-refractivity contribution >= 4 is 34.0 Å². The second kappa shape index (κ2) is 3.15. The standard InChI is InChI=1S/C10H10BrF2NS/c1-15(11,12,13)10-4-2-3-8-7-14-6-5-9(8)10/h2-7,15H,1H3. The van der Waals surface area contributed by atoms with Crippen molar-refractivity contribution in [3.05, 3.63) is 36.7 Å². The lowest BCUT2D eigenvalue weighted by Gasteiger charge is -2.36. The zero-order valence-electron chi connectivity index (χ0n) is 7.99. The number of fused-ring (bicyclic) bond motifs is 1.